The SMILES string of the molecule is C[C@@H](Cc1nc2ccccc2s1)NC(=O)CN1CCC[C@@H](O)C1. The summed E-state index contributed by atoms with van der Waals surface area (Å²) in [5.41, 5.74) is 1.02. The molecule has 1 aromatic heterocycles. The first kappa shape index (κ1) is 16.4. The second kappa shape index (κ2) is 7.38. The number of nitrogens with one attached hydrogen (secondary N) is 1. The number of carbonyl (C=O) groups is 1. The Morgan fingerprint density at radius 3 is 3.13 bits per heavy atom. The molecule has 1 aromatic carbocycles. The zero-order chi connectivity index (χ0) is 16.2. The molecule has 5 nitrogen and oxygen atoms in total. The summed E-state index contributed by atoms with van der Waals surface area (Å²) >= 11 is 1.68. The monoisotopic (exact) mass is 333 g/mol. The lowest BCUT2D eigenvalue weighted by atomic mass is 10.1. The molecule has 0 aliphatic carbocycles. The third kappa shape index (κ3) is 4.50. The van der Waals surface area contributed by atoms with Crippen LogP contribution in [0.1, 0.15) is 24.8 Å². The summed E-state index contributed by atoms with van der Waals surface area (Å²) in [6.07, 6.45) is 2.24. The number of hydrogen-bond acceptors (Lipinski definition) is 5. The van der Waals surface area contributed by atoms with Crippen LogP contribution in [0.5, 0.6) is 0 Å². The van der Waals surface area contributed by atoms with Crippen LogP contribution >= 0.6 is 11.3 Å². The quantitative estimate of drug-likeness (QED) is 0.876. The first-order valence-electron chi connectivity index (χ1n) is 8.14. The van der Waals surface area contributed by atoms with Crippen molar-refractivity contribution in [1.29, 1.82) is 0 Å². The molecule has 124 valence electrons. The van der Waals surface area contributed by atoms with E-state index in [2.05, 4.69) is 16.4 Å². The van der Waals surface area contributed by atoms with Gasteiger partial charge < -0.3 is 10.4 Å². The van der Waals surface area contributed by atoms with E-state index in [4.69, 9.17) is 0 Å². The van der Waals surface area contributed by atoms with Crippen molar-refractivity contribution in [3.05, 3.63) is 29.3 Å². The van der Waals surface area contributed by atoms with Gasteiger partial charge in [0.15, 0.2) is 0 Å². The maximum absolute atomic E-state index is 12.1. The predicted octanol–water partition coefficient (Wildman–Crippen LogP) is 1.80. The average Bonchev–Trinajstić information content (AvgIpc) is 2.88. The van der Waals surface area contributed by atoms with Crippen molar-refractivity contribution in [2.24, 2.45) is 0 Å². The van der Waals surface area contributed by atoms with Gasteiger partial charge in [-0.2, -0.15) is 0 Å². The molecule has 2 heterocycles. The van der Waals surface area contributed by atoms with Gasteiger partial charge >= 0.3 is 0 Å². The number of hydrogen-bond donors (Lipinski definition) is 2. The highest BCUT2D eigenvalue weighted by atomic mass is 32.1. The molecule has 0 spiro atoms. The maximum Gasteiger partial charge on any atom is 0.234 e. The summed E-state index contributed by atoms with van der Waals surface area (Å²) in [5, 5.41) is 13.7. The number of benzene rings is 1. The van der Waals surface area contributed by atoms with Crippen molar-refractivity contribution >= 4 is 27.5 Å². The van der Waals surface area contributed by atoms with Crippen LogP contribution in [-0.4, -0.2) is 52.7 Å². The minimum atomic E-state index is -0.295. The Bertz CT molecular complexity index is 640. The van der Waals surface area contributed by atoms with Crippen LogP contribution in [0, 0.1) is 0 Å². The first-order chi connectivity index (χ1) is 11.1. The number of para-hydroxylation sites is 1. The van der Waals surface area contributed by atoms with Gasteiger partial charge in [0, 0.05) is 19.0 Å². The number of rotatable bonds is 5. The molecule has 2 aromatic rings. The zero-order valence-corrected chi connectivity index (χ0v) is 14.2. The van der Waals surface area contributed by atoms with Gasteiger partial charge in [-0.25, -0.2) is 4.98 Å². The van der Waals surface area contributed by atoms with Crippen molar-refractivity contribution in [2.75, 3.05) is 19.6 Å². The highest BCUT2D eigenvalue weighted by Gasteiger charge is 2.20. The Morgan fingerprint density at radius 2 is 2.35 bits per heavy atom. The lowest BCUT2D eigenvalue weighted by molar-refractivity contribution is -0.123. The molecule has 2 N–H and O–H groups in total. The number of aliphatic hydroxyl groups excluding tert-OH is 1. The normalized spacial score (nSPS) is 20.5. The molecule has 1 aliphatic heterocycles. The van der Waals surface area contributed by atoms with Gasteiger partial charge in [-0.3, -0.25) is 9.69 Å². The number of aromatic nitrogens is 1. The fourth-order valence-electron chi connectivity index (χ4n) is 3.02. The second-order valence-corrected chi connectivity index (χ2v) is 7.39. The summed E-state index contributed by atoms with van der Waals surface area (Å²) in [6.45, 7) is 3.85. The molecular weight excluding hydrogens is 310 g/mol. The molecule has 2 atom stereocenters. The predicted molar refractivity (Wildman–Crippen MR) is 92.6 cm³/mol. The van der Waals surface area contributed by atoms with Gasteiger partial charge in [0.2, 0.25) is 5.91 Å². The first-order valence-corrected chi connectivity index (χ1v) is 8.96. The van der Waals surface area contributed by atoms with Crippen molar-refractivity contribution in [3.63, 3.8) is 0 Å². The second-order valence-electron chi connectivity index (χ2n) is 6.28. The molecule has 0 bridgehead atoms. The molecule has 3 rings (SSSR count). The summed E-state index contributed by atoms with van der Waals surface area (Å²) in [6, 6.07) is 8.15. The van der Waals surface area contributed by atoms with Crippen LogP contribution in [0.25, 0.3) is 10.2 Å². The molecule has 0 saturated carbocycles. The third-order valence-electron chi connectivity index (χ3n) is 4.07. The lowest BCUT2D eigenvalue weighted by Crippen LogP contribution is -2.46. The van der Waals surface area contributed by atoms with Crippen LogP contribution in [0.2, 0.25) is 0 Å². The van der Waals surface area contributed by atoms with Gasteiger partial charge in [0.25, 0.3) is 0 Å². The molecule has 1 amide bonds. The average molecular weight is 333 g/mol. The van der Waals surface area contributed by atoms with Gasteiger partial charge in [-0.15, -0.1) is 11.3 Å². The number of likely N-dealkylation sites (tertiary alicyclic amines) is 1. The van der Waals surface area contributed by atoms with E-state index in [9.17, 15) is 9.90 Å². The van der Waals surface area contributed by atoms with Gasteiger partial charge in [0.05, 0.1) is 27.9 Å². The summed E-state index contributed by atoms with van der Waals surface area (Å²) in [7, 11) is 0. The van der Waals surface area contributed by atoms with E-state index in [1.165, 1.54) is 4.70 Å². The Balaban J connectivity index is 1.50. The number of nitrogens with zero attached hydrogens (tertiary/aromatic N) is 2. The Labute approximate surface area is 140 Å². The Kier molecular flexibility index (Phi) is 5.25. The highest BCUT2D eigenvalue weighted by molar-refractivity contribution is 7.18. The lowest BCUT2D eigenvalue weighted by Gasteiger charge is -2.29. The smallest absolute Gasteiger partial charge is 0.234 e. The fraction of sp³-hybridized carbons (Fsp3) is 0.529. The van der Waals surface area contributed by atoms with E-state index in [-0.39, 0.29) is 18.1 Å². The Morgan fingerprint density at radius 1 is 1.52 bits per heavy atom. The number of carbonyl (C=O) groups excluding carboxylic acids is 1. The summed E-state index contributed by atoms with van der Waals surface area (Å²) < 4.78 is 1.18. The van der Waals surface area contributed by atoms with E-state index in [0.29, 0.717) is 13.1 Å². The molecule has 23 heavy (non-hydrogen) atoms. The minimum absolute atomic E-state index is 0.0210. The summed E-state index contributed by atoms with van der Waals surface area (Å²) in [4.78, 5) is 18.8. The van der Waals surface area contributed by atoms with Gasteiger partial charge in [-0.1, -0.05) is 12.1 Å². The molecule has 1 aliphatic rings. The number of aliphatic hydroxyl groups is 1. The van der Waals surface area contributed by atoms with Crippen molar-refractivity contribution in [3.8, 4) is 0 Å². The zero-order valence-electron chi connectivity index (χ0n) is 13.4. The molecule has 6 heteroatoms. The highest BCUT2D eigenvalue weighted by Crippen LogP contribution is 2.22. The van der Waals surface area contributed by atoms with Crippen LogP contribution in [0.4, 0.5) is 0 Å². The molecule has 1 saturated heterocycles. The molecule has 0 unspecified atom stereocenters. The van der Waals surface area contributed by atoms with E-state index >= 15 is 0 Å². The van der Waals surface area contributed by atoms with Crippen molar-refractivity contribution in [1.82, 2.24) is 15.2 Å². The van der Waals surface area contributed by atoms with Crippen LogP contribution in [0.15, 0.2) is 24.3 Å². The number of thiazole rings is 1. The minimum Gasteiger partial charge on any atom is -0.392 e. The number of β-amino-alcohol motifs (C(OH)–C–C–N with tert-alkyl or cyclic N) is 1. The maximum atomic E-state index is 12.1. The van der Waals surface area contributed by atoms with E-state index in [1.54, 1.807) is 11.3 Å². The van der Waals surface area contributed by atoms with Crippen LogP contribution in [0.3, 0.4) is 0 Å². The van der Waals surface area contributed by atoms with Gasteiger partial charge in [0.1, 0.15) is 0 Å². The van der Waals surface area contributed by atoms with Crippen LogP contribution < -0.4 is 5.32 Å². The number of amides is 1. The number of fused-ring (bicyclic) bond motifs is 1. The van der Waals surface area contributed by atoms with E-state index in [0.717, 1.165) is 36.3 Å². The Hall–Kier alpha value is -1.50. The summed E-state index contributed by atoms with van der Waals surface area (Å²) in [5.74, 6) is 0.0210. The fourth-order valence-corrected chi connectivity index (χ4v) is 4.11. The van der Waals surface area contributed by atoms with E-state index in [1.807, 2.05) is 30.0 Å². The third-order valence-corrected chi connectivity index (χ3v) is 5.13. The molecule has 0 radical (unpaired) electrons. The van der Waals surface area contributed by atoms with Crippen molar-refractivity contribution < 1.29 is 9.90 Å². The standard InChI is InChI=1S/C17H23N3O2S/c1-12(9-17-19-14-6-2-3-7-15(14)23-17)18-16(22)11-20-8-4-5-13(21)10-20/h2-3,6-7,12-13,21H,4-5,8-11H2,1H3,(H,18,22)/t12-,13+/m0/s1. The number of piperidine rings is 1. The van der Waals surface area contributed by atoms with Gasteiger partial charge in [-0.05, 0) is 38.4 Å². The topological polar surface area (TPSA) is 65.5 Å². The van der Waals surface area contributed by atoms with Crippen LogP contribution in [-0.2, 0) is 11.2 Å². The molecule has 1 fully saturated rings. The van der Waals surface area contributed by atoms with E-state index < -0.39 is 0 Å². The largest absolute Gasteiger partial charge is 0.392 e. The van der Waals surface area contributed by atoms with Crippen molar-refractivity contribution in [2.45, 2.75) is 38.3 Å². The molecular formula is C17H23N3O2S.